The Bertz CT molecular complexity index is 1550. The number of piperazine rings is 1. The summed E-state index contributed by atoms with van der Waals surface area (Å²) in [5.74, 6) is -1.27. The van der Waals surface area contributed by atoms with E-state index in [9.17, 15) is 26.4 Å². The molecule has 4 heterocycles. The van der Waals surface area contributed by atoms with Gasteiger partial charge in [0.2, 0.25) is 10.0 Å². The average Bonchev–Trinajstić information content (AvgIpc) is 3.34. The largest absolute Gasteiger partial charge is 0.573 e. The second kappa shape index (κ2) is 10.3. The van der Waals surface area contributed by atoms with Crippen LogP contribution in [0.4, 0.5) is 13.2 Å². The number of carbonyl (C=O) groups is 1. The summed E-state index contributed by atoms with van der Waals surface area (Å²) < 4.78 is 72.2. The molecule has 1 unspecified atom stereocenters. The predicted molar refractivity (Wildman–Crippen MR) is 133 cm³/mol. The van der Waals surface area contributed by atoms with E-state index in [2.05, 4.69) is 25.3 Å². The predicted octanol–water partition coefficient (Wildman–Crippen LogP) is 2.43. The zero-order valence-electron chi connectivity index (χ0n) is 20.3. The van der Waals surface area contributed by atoms with Crippen LogP contribution >= 0.6 is 0 Å². The third kappa shape index (κ3) is 5.30. The summed E-state index contributed by atoms with van der Waals surface area (Å²) in [6.45, 7) is 0.0771. The number of ether oxygens (including phenoxy) is 1. The highest BCUT2D eigenvalue weighted by Gasteiger charge is 2.54. The summed E-state index contributed by atoms with van der Waals surface area (Å²) in [7, 11) is -4.42. The van der Waals surface area contributed by atoms with Gasteiger partial charge in [-0.25, -0.2) is 18.4 Å². The second-order valence-corrected chi connectivity index (χ2v) is 10.6. The quantitative estimate of drug-likeness (QED) is 0.357. The number of nitrogens with one attached hydrogen (secondary N) is 2. The van der Waals surface area contributed by atoms with Crippen LogP contribution in [0.1, 0.15) is 11.4 Å². The van der Waals surface area contributed by atoms with E-state index in [1.54, 1.807) is 0 Å². The Kier molecular flexibility index (Phi) is 7.01. The van der Waals surface area contributed by atoms with Crippen LogP contribution in [0.5, 0.6) is 5.75 Å². The highest BCUT2D eigenvalue weighted by Crippen LogP contribution is 2.34. The lowest BCUT2D eigenvalue weighted by Gasteiger charge is -2.43. The fraction of sp³-hybridized carbons (Fsp3) is 0.240. The molecule has 39 heavy (non-hydrogen) atoms. The second-order valence-electron chi connectivity index (χ2n) is 8.77. The van der Waals surface area contributed by atoms with Crippen molar-refractivity contribution in [2.75, 3.05) is 19.6 Å². The molecular formula is C25H23F3N6O4S. The first kappa shape index (κ1) is 26.6. The van der Waals surface area contributed by atoms with Crippen LogP contribution in [0.3, 0.4) is 0 Å². The molecular weight excluding hydrogens is 537 g/mol. The molecule has 1 atom stereocenters. The van der Waals surface area contributed by atoms with E-state index in [1.807, 2.05) is 41.1 Å². The van der Waals surface area contributed by atoms with E-state index < -0.39 is 33.6 Å². The molecule has 14 heteroatoms. The molecule has 3 aromatic heterocycles. The zero-order valence-corrected chi connectivity index (χ0v) is 21.1. The molecule has 10 nitrogen and oxygen atoms in total. The van der Waals surface area contributed by atoms with Crippen molar-refractivity contribution in [1.82, 2.24) is 29.3 Å². The minimum absolute atomic E-state index is 0.0441. The molecule has 4 aromatic rings. The van der Waals surface area contributed by atoms with Crippen LogP contribution in [0.25, 0.3) is 5.52 Å². The number of aromatic nitrogens is 3. The lowest BCUT2D eigenvalue weighted by atomic mass is 9.94. The number of rotatable bonds is 7. The molecule has 1 amide bonds. The first-order chi connectivity index (χ1) is 18.6. The molecule has 1 aromatic carbocycles. The third-order valence-corrected chi connectivity index (χ3v) is 8.21. The first-order valence-corrected chi connectivity index (χ1v) is 13.2. The van der Waals surface area contributed by atoms with E-state index in [4.69, 9.17) is 0 Å². The van der Waals surface area contributed by atoms with Crippen molar-refractivity contribution in [3.63, 3.8) is 0 Å². The van der Waals surface area contributed by atoms with Crippen molar-refractivity contribution < 1.29 is 31.1 Å². The van der Waals surface area contributed by atoms with Crippen molar-refractivity contribution in [1.29, 1.82) is 0 Å². The standard InChI is InChI=1S/C25H23F3N6O4S/c26-25(27,28)38-20-5-7-21(8-6-20)39(36,37)34-13-11-29-17-24(34,22-30-9-3-10-31-22)23(35)32-15-18-14-19-4-1-2-12-33(19)16-18/h1-10,12,14,16,29H,11,13,15,17H2,(H,32,35). The number of hydrogen-bond donors (Lipinski definition) is 2. The van der Waals surface area contributed by atoms with Gasteiger partial charge in [-0.2, -0.15) is 4.31 Å². The maximum absolute atomic E-state index is 13.9. The molecule has 204 valence electrons. The lowest BCUT2D eigenvalue weighted by molar-refractivity contribution is -0.274. The summed E-state index contributed by atoms with van der Waals surface area (Å²) in [5.41, 5.74) is -0.167. The Morgan fingerprint density at radius 3 is 2.54 bits per heavy atom. The summed E-state index contributed by atoms with van der Waals surface area (Å²) >= 11 is 0. The molecule has 0 bridgehead atoms. The highest BCUT2D eigenvalue weighted by molar-refractivity contribution is 7.89. The van der Waals surface area contributed by atoms with Gasteiger partial charge < -0.3 is 19.8 Å². The monoisotopic (exact) mass is 560 g/mol. The third-order valence-electron chi connectivity index (χ3n) is 6.27. The van der Waals surface area contributed by atoms with Crippen molar-refractivity contribution in [3.05, 3.63) is 90.8 Å². The minimum Gasteiger partial charge on any atom is -0.406 e. The molecule has 2 N–H and O–H groups in total. The maximum atomic E-state index is 13.9. The summed E-state index contributed by atoms with van der Waals surface area (Å²) in [4.78, 5) is 22.1. The van der Waals surface area contributed by atoms with Crippen LogP contribution in [-0.2, 0) is 26.9 Å². The van der Waals surface area contributed by atoms with Crippen LogP contribution < -0.4 is 15.4 Å². The highest BCUT2D eigenvalue weighted by atomic mass is 32.2. The normalized spacial score (nSPS) is 18.6. The number of carbonyl (C=O) groups excluding carboxylic acids is 1. The Morgan fingerprint density at radius 2 is 1.85 bits per heavy atom. The van der Waals surface area contributed by atoms with E-state index in [-0.39, 0.29) is 36.9 Å². The molecule has 0 aliphatic carbocycles. The summed E-state index contributed by atoms with van der Waals surface area (Å²) in [6.07, 6.45) is 1.59. The molecule has 0 saturated carbocycles. The molecule has 1 aliphatic rings. The SMILES string of the molecule is O=C(NCc1cc2ccccn2c1)C1(c2ncccn2)CNCCN1S(=O)(=O)c1ccc(OC(F)(F)F)cc1. The molecule has 1 fully saturated rings. The Balaban J connectivity index is 1.50. The fourth-order valence-corrected chi connectivity index (χ4v) is 6.24. The van der Waals surface area contributed by atoms with Crippen molar-refractivity contribution in [2.24, 2.45) is 0 Å². The lowest BCUT2D eigenvalue weighted by Crippen LogP contribution is -2.67. The van der Waals surface area contributed by atoms with Gasteiger partial charge in [0.05, 0.1) is 4.90 Å². The van der Waals surface area contributed by atoms with Crippen molar-refractivity contribution >= 4 is 21.4 Å². The van der Waals surface area contributed by atoms with Crippen molar-refractivity contribution in [3.8, 4) is 5.75 Å². The Morgan fingerprint density at radius 1 is 1.10 bits per heavy atom. The number of nitrogens with zero attached hydrogens (tertiary/aromatic N) is 4. The smallest absolute Gasteiger partial charge is 0.406 e. The fourth-order valence-electron chi connectivity index (χ4n) is 4.53. The Labute approximate surface area is 221 Å². The molecule has 5 rings (SSSR count). The number of hydrogen-bond acceptors (Lipinski definition) is 7. The molecule has 1 aliphatic heterocycles. The van der Waals surface area contributed by atoms with E-state index >= 15 is 0 Å². The van der Waals surface area contributed by atoms with Crippen LogP contribution in [0.15, 0.2) is 84.3 Å². The number of amides is 1. The van der Waals surface area contributed by atoms with Crippen molar-refractivity contribution in [2.45, 2.75) is 23.3 Å². The van der Waals surface area contributed by atoms with E-state index in [0.29, 0.717) is 0 Å². The average molecular weight is 561 g/mol. The summed E-state index contributed by atoms with van der Waals surface area (Å²) in [6, 6.07) is 12.9. The number of alkyl halides is 3. The van der Waals surface area contributed by atoms with Gasteiger partial charge in [0, 0.05) is 56.5 Å². The van der Waals surface area contributed by atoms with E-state index in [0.717, 1.165) is 39.7 Å². The first-order valence-electron chi connectivity index (χ1n) is 11.8. The number of fused-ring (bicyclic) bond motifs is 1. The van der Waals surface area contributed by atoms with E-state index in [1.165, 1.54) is 18.5 Å². The number of halogens is 3. The van der Waals surface area contributed by atoms with Gasteiger partial charge in [-0.15, -0.1) is 13.2 Å². The van der Waals surface area contributed by atoms with Gasteiger partial charge in [0.15, 0.2) is 11.4 Å². The molecule has 0 radical (unpaired) electrons. The Hall–Kier alpha value is -4.01. The van der Waals surface area contributed by atoms with Gasteiger partial charge in [0.1, 0.15) is 5.75 Å². The van der Waals surface area contributed by atoms with Gasteiger partial charge in [0.25, 0.3) is 5.91 Å². The van der Waals surface area contributed by atoms with Gasteiger partial charge in [-0.1, -0.05) is 6.07 Å². The van der Waals surface area contributed by atoms with Crippen LogP contribution in [-0.4, -0.2) is 59.0 Å². The molecule has 1 saturated heterocycles. The number of benzene rings is 1. The molecule has 0 spiro atoms. The number of pyridine rings is 1. The van der Waals surface area contributed by atoms with Gasteiger partial charge in [-0.3, -0.25) is 4.79 Å². The van der Waals surface area contributed by atoms with Gasteiger partial charge >= 0.3 is 6.36 Å². The number of sulfonamides is 1. The summed E-state index contributed by atoms with van der Waals surface area (Å²) in [5, 5.41) is 5.90. The maximum Gasteiger partial charge on any atom is 0.573 e. The topological polar surface area (TPSA) is 118 Å². The van der Waals surface area contributed by atoms with Gasteiger partial charge in [-0.05, 0) is 54.1 Å². The minimum atomic E-state index is -4.93. The zero-order chi connectivity index (χ0) is 27.7. The van der Waals surface area contributed by atoms with Crippen LogP contribution in [0, 0.1) is 0 Å². The van der Waals surface area contributed by atoms with Crippen LogP contribution in [0.2, 0.25) is 0 Å².